The largest absolute Gasteiger partial charge is 0.331 e. The van der Waals surface area contributed by atoms with Gasteiger partial charge in [0, 0.05) is 12.7 Å². The van der Waals surface area contributed by atoms with Gasteiger partial charge in [-0.25, -0.2) is 0 Å². The molecule has 0 unspecified atom stereocenters. The number of para-hydroxylation sites is 1. The van der Waals surface area contributed by atoms with E-state index >= 15 is 0 Å². The van der Waals surface area contributed by atoms with Crippen LogP contribution in [0.2, 0.25) is 0 Å². The Morgan fingerprint density at radius 3 is 2.84 bits per heavy atom. The molecule has 0 saturated carbocycles. The molecule has 4 nitrogen and oxygen atoms in total. The van der Waals surface area contributed by atoms with Crippen LogP contribution in [0, 0.1) is 18.6 Å². The predicted molar refractivity (Wildman–Crippen MR) is 78.8 cm³/mol. The van der Waals surface area contributed by atoms with Crippen molar-refractivity contribution in [1.29, 1.82) is 0 Å². The number of nitrogens with zero attached hydrogens (tertiary/aromatic N) is 3. The Labute approximate surface area is 116 Å². The van der Waals surface area contributed by atoms with Crippen LogP contribution in [-0.4, -0.2) is 19.3 Å². The van der Waals surface area contributed by atoms with Gasteiger partial charge in [-0.1, -0.05) is 12.1 Å². The Kier molecular flexibility index (Phi) is 2.98. The molecular weight excluding hydrogens is 256 g/mol. The number of benzene rings is 1. The quantitative estimate of drug-likeness (QED) is 0.744. The van der Waals surface area contributed by atoms with Crippen LogP contribution in [-0.2, 0) is 13.1 Å². The minimum absolute atomic E-state index is 0.771. The van der Waals surface area contributed by atoms with Crippen molar-refractivity contribution in [2.45, 2.75) is 26.9 Å². The average molecular weight is 272 g/mol. The molecule has 2 heterocycles. The first-order valence-electron chi connectivity index (χ1n) is 6.32. The van der Waals surface area contributed by atoms with E-state index < -0.39 is 0 Å². The van der Waals surface area contributed by atoms with Gasteiger partial charge in [0.1, 0.15) is 0 Å². The molecule has 3 aromatic rings. The summed E-state index contributed by atoms with van der Waals surface area (Å²) < 4.78 is 4.87. The maximum Gasteiger partial charge on any atom is 0.178 e. The number of fused-ring (bicyclic) bond motifs is 1. The van der Waals surface area contributed by atoms with Crippen molar-refractivity contribution in [1.82, 2.24) is 19.3 Å². The molecule has 0 aliphatic carbocycles. The zero-order valence-corrected chi connectivity index (χ0v) is 11.9. The van der Waals surface area contributed by atoms with Crippen molar-refractivity contribution in [3.05, 3.63) is 46.5 Å². The average Bonchev–Trinajstić information content (AvgIpc) is 2.91. The van der Waals surface area contributed by atoms with E-state index in [0.29, 0.717) is 0 Å². The number of hydrogen-bond donors (Lipinski definition) is 1. The number of rotatable bonds is 3. The second kappa shape index (κ2) is 4.66. The molecule has 19 heavy (non-hydrogen) atoms. The lowest BCUT2D eigenvalue weighted by molar-refractivity contribution is 0.537. The van der Waals surface area contributed by atoms with Gasteiger partial charge in [0.2, 0.25) is 0 Å². The first kappa shape index (κ1) is 12.2. The Balaban J connectivity index is 1.96. The van der Waals surface area contributed by atoms with Gasteiger partial charge in [0.25, 0.3) is 0 Å². The number of nitrogens with one attached hydrogen (secondary N) is 1. The molecule has 0 bridgehead atoms. The molecule has 0 aliphatic heterocycles. The summed E-state index contributed by atoms with van der Waals surface area (Å²) in [5, 5.41) is 4.31. The van der Waals surface area contributed by atoms with Crippen LogP contribution in [0.4, 0.5) is 0 Å². The molecule has 3 rings (SSSR count). The fourth-order valence-corrected chi connectivity index (χ4v) is 2.70. The highest BCUT2D eigenvalue weighted by molar-refractivity contribution is 7.71. The van der Waals surface area contributed by atoms with Crippen molar-refractivity contribution in [3.63, 3.8) is 0 Å². The van der Waals surface area contributed by atoms with E-state index in [4.69, 9.17) is 12.2 Å². The van der Waals surface area contributed by atoms with Crippen molar-refractivity contribution >= 4 is 23.3 Å². The zero-order chi connectivity index (χ0) is 13.4. The highest BCUT2D eigenvalue weighted by Crippen LogP contribution is 2.18. The SMILES string of the molecule is Cc1cnn(CCn2c(=S)[nH]c3cccc(C)c32)c1. The van der Waals surface area contributed by atoms with Gasteiger partial charge < -0.3 is 9.55 Å². The second-order valence-electron chi connectivity index (χ2n) is 4.83. The van der Waals surface area contributed by atoms with Gasteiger partial charge in [-0.05, 0) is 43.3 Å². The summed E-state index contributed by atoms with van der Waals surface area (Å²) in [4.78, 5) is 3.26. The molecule has 0 spiro atoms. The van der Waals surface area contributed by atoms with Crippen molar-refractivity contribution in [2.75, 3.05) is 0 Å². The summed E-state index contributed by atoms with van der Waals surface area (Å²) >= 11 is 5.41. The Bertz CT molecular complexity index is 778. The number of aromatic nitrogens is 4. The molecule has 98 valence electrons. The highest BCUT2D eigenvalue weighted by Gasteiger charge is 2.06. The topological polar surface area (TPSA) is 38.5 Å². The molecule has 0 atom stereocenters. The lowest BCUT2D eigenvalue weighted by atomic mass is 10.2. The first-order valence-corrected chi connectivity index (χ1v) is 6.73. The van der Waals surface area contributed by atoms with Gasteiger partial charge in [-0.2, -0.15) is 5.10 Å². The second-order valence-corrected chi connectivity index (χ2v) is 5.22. The molecule has 0 amide bonds. The van der Waals surface area contributed by atoms with E-state index in [1.165, 1.54) is 16.6 Å². The van der Waals surface area contributed by atoms with Crippen LogP contribution in [0.5, 0.6) is 0 Å². The Morgan fingerprint density at radius 1 is 1.26 bits per heavy atom. The van der Waals surface area contributed by atoms with Crippen molar-refractivity contribution in [2.24, 2.45) is 0 Å². The minimum atomic E-state index is 0.771. The third kappa shape index (κ3) is 2.21. The molecular formula is C14H16N4S. The molecule has 0 aliphatic rings. The summed E-state index contributed by atoms with van der Waals surface area (Å²) in [7, 11) is 0. The third-order valence-electron chi connectivity index (χ3n) is 3.31. The maximum atomic E-state index is 5.41. The number of H-pyrrole nitrogens is 1. The fourth-order valence-electron chi connectivity index (χ4n) is 2.41. The van der Waals surface area contributed by atoms with Gasteiger partial charge in [-0.3, -0.25) is 4.68 Å². The normalized spacial score (nSPS) is 11.3. The van der Waals surface area contributed by atoms with Crippen LogP contribution in [0.25, 0.3) is 11.0 Å². The summed E-state index contributed by atoms with van der Waals surface area (Å²) in [6.07, 6.45) is 3.92. The molecule has 0 radical (unpaired) electrons. The van der Waals surface area contributed by atoms with E-state index in [1.807, 2.05) is 30.1 Å². The zero-order valence-electron chi connectivity index (χ0n) is 11.1. The smallest absolute Gasteiger partial charge is 0.178 e. The van der Waals surface area contributed by atoms with E-state index in [-0.39, 0.29) is 0 Å². The van der Waals surface area contributed by atoms with Gasteiger partial charge >= 0.3 is 0 Å². The predicted octanol–water partition coefficient (Wildman–Crippen LogP) is 3.21. The summed E-state index contributed by atoms with van der Waals surface area (Å²) in [6, 6.07) is 6.22. The highest BCUT2D eigenvalue weighted by atomic mass is 32.1. The van der Waals surface area contributed by atoms with Crippen molar-refractivity contribution < 1.29 is 0 Å². The van der Waals surface area contributed by atoms with Crippen LogP contribution >= 0.6 is 12.2 Å². The molecule has 5 heteroatoms. The Morgan fingerprint density at radius 2 is 2.11 bits per heavy atom. The molecule has 1 N–H and O–H groups in total. The van der Waals surface area contributed by atoms with E-state index in [1.54, 1.807) is 0 Å². The van der Waals surface area contributed by atoms with Gasteiger partial charge in [0.15, 0.2) is 4.77 Å². The van der Waals surface area contributed by atoms with Crippen LogP contribution in [0.3, 0.4) is 0 Å². The standard InChI is InChI=1S/C14H16N4S/c1-10-8-15-17(9-10)6-7-18-13-11(2)4-3-5-12(13)16-14(18)19/h3-5,8-9H,6-7H2,1-2H3,(H,16,19). The van der Waals surface area contributed by atoms with E-state index in [0.717, 1.165) is 23.4 Å². The van der Waals surface area contributed by atoms with Gasteiger partial charge in [0.05, 0.1) is 23.8 Å². The number of hydrogen-bond acceptors (Lipinski definition) is 2. The summed E-state index contributed by atoms with van der Waals surface area (Å²) in [6.45, 7) is 5.80. The van der Waals surface area contributed by atoms with Crippen molar-refractivity contribution in [3.8, 4) is 0 Å². The van der Waals surface area contributed by atoms with Crippen LogP contribution < -0.4 is 0 Å². The summed E-state index contributed by atoms with van der Waals surface area (Å²) in [5.74, 6) is 0. The molecule has 2 aromatic heterocycles. The fraction of sp³-hybridized carbons (Fsp3) is 0.286. The first-order chi connectivity index (χ1) is 9.15. The number of aryl methyl sites for hydroxylation is 4. The number of imidazole rings is 1. The molecule has 1 aromatic carbocycles. The van der Waals surface area contributed by atoms with Gasteiger partial charge in [-0.15, -0.1) is 0 Å². The summed E-state index contributed by atoms with van der Waals surface area (Å²) in [5.41, 5.74) is 4.71. The lowest BCUT2D eigenvalue weighted by Gasteiger charge is -2.06. The lowest BCUT2D eigenvalue weighted by Crippen LogP contribution is -2.08. The molecule has 0 fully saturated rings. The maximum absolute atomic E-state index is 5.41. The van der Waals surface area contributed by atoms with E-state index in [9.17, 15) is 0 Å². The van der Waals surface area contributed by atoms with E-state index in [2.05, 4.69) is 33.7 Å². The third-order valence-corrected chi connectivity index (χ3v) is 3.63. The van der Waals surface area contributed by atoms with Crippen LogP contribution in [0.15, 0.2) is 30.6 Å². The number of aromatic amines is 1. The minimum Gasteiger partial charge on any atom is -0.331 e. The molecule has 0 saturated heterocycles. The Hall–Kier alpha value is -1.88. The van der Waals surface area contributed by atoms with Crippen LogP contribution in [0.1, 0.15) is 11.1 Å². The monoisotopic (exact) mass is 272 g/mol.